The number of nitrogens with zero attached hydrogens (tertiary/aromatic N) is 5. The van der Waals surface area contributed by atoms with Crippen molar-refractivity contribution >= 4 is 17.0 Å². The van der Waals surface area contributed by atoms with Crippen LogP contribution in [0.1, 0.15) is 36.7 Å². The molecule has 3 aromatic heterocycles. The Balaban J connectivity index is 1.63. The van der Waals surface area contributed by atoms with Crippen molar-refractivity contribution in [1.82, 2.24) is 24.5 Å². The first-order valence-electron chi connectivity index (χ1n) is 7.31. The summed E-state index contributed by atoms with van der Waals surface area (Å²) in [4.78, 5) is 11.7. The smallest absolute Gasteiger partial charge is 0.155 e. The molecule has 21 heavy (non-hydrogen) atoms. The third-order valence-corrected chi connectivity index (χ3v) is 4.72. The van der Waals surface area contributed by atoms with Gasteiger partial charge in [0.25, 0.3) is 0 Å². The summed E-state index contributed by atoms with van der Waals surface area (Å²) in [6.07, 6.45) is 7.49. The zero-order valence-electron chi connectivity index (χ0n) is 11.7. The Morgan fingerprint density at radius 1 is 1.29 bits per heavy atom. The van der Waals surface area contributed by atoms with Gasteiger partial charge in [-0.3, -0.25) is 4.90 Å². The predicted molar refractivity (Wildman–Crippen MR) is 82.1 cm³/mol. The molecular formula is C15H17N5S. The molecule has 108 valence electrons. The van der Waals surface area contributed by atoms with E-state index < -0.39 is 0 Å². The molecule has 1 aliphatic rings. The van der Waals surface area contributed by atoms with Crippen LogP contribution in [-0.2, 0) is 6.54 Å². The third-order valence-electron chi connectivity index (χ3n) is 4.08. The normalized spacial score (nSPS) is 20.1. The summed E-state index contributed by atoms with van der Waals surface area (Å²) in [6, 6.07) is 4.45. The van der Waals surface area contributed by atoms with Crippen LogP contribution < -0.4 is 0 Å². The van der Waals surface area contributed by atoms with Crippen molar-refractivity contribution in [2.24, 2.45) is 0 Å². The van der Waals surface area contributed by atoms with Crippen LogP contribution in [0.25, 0.3) is 5.65 Å². The lowest BCUT2D eigenvalue weighted by atomic mass is 9.99. The molecule has 0 amide bonds. The van der Waals surface area contributed by atoms with E-state index >= 15 is 0 Å². The fourth-order valence-electron chi connectivity index (χ4n) is 3.05. The Labute approximate surface area is 127 Å². The Hall–Kier alpha value is -1.79. The van der Waals surface area contributed by atoms with Gasteiger partial charge in [0.15, 0.2) is 5.65 Å². The zero-order chi connectivity index (χ0) is 14.1. The number of likely N-dealkylation sites (tertiary alicyclic amines) is 1. The van der Waals surface area contributed by atoms with E-state index in [0.717, 1.165) is 30.1 Å². The van der Waals surface area contributed by atoms with Gasteiger partial charge >= 0.3 is 0 Å². The lowest BCUT2D eigenvalue weighted by Gasteiger charge is -2.34. The van der Waals surface area contributed by atoms with Gasteiger partial charge in [-0.25, -0.2) is 14.5 Å². The van der Waals surface area contributed by atoms with Crippen molar-refractivity contribution in [2.75, 3.05) is 6.54 Å². The van der Waals surface area contributed by atoms with Crippen molar-refractivity contribution < 1.29 is 0 Å². The standard InChI is InChI=1S/C15H17N5S/c1-2-7-19(9-12-10-21-11-16-12)14(3-1)13-5-8-20-15(18-13)4-6-17-20/h4-6,8,10-11,14H,1-3,7,9H2/t14-/m1/s1. The van der Waals surface area contributed by atoms with Crippen molar-refractivity contribution in [1.29, 1.82) is 0 Å². The maximum absolute atomic E-state index is 4.78. The summed E-state index contributed by atoms with van der Waals surface area (Å²) in [6.45, 7) is 2.04. The molecule has 1 saturated heterocycles. The predicted octanol–water partition coefficient (Wildman–Crippen LogP) is 2.91. The van der Waals surface area contributed by atoms with Gasteiger partial charge in [0, 0.05) is 24.2 Å². The van der Waals surface area contributed by atoms with Gasteiger partial charge < -0.3 is 0 Å². The maximum Gasteiger partial charge on any atom is 0.155 e. The lowest BCUT2D eigenvalue weighted by molar-refractivity contribution is 0.136. The first-order valence-corrected chi connectivity index (χ1v) is 8.26. The van der Waals surface area contributed by atoms with Gasteiger partial charge in [0.1, 0.15) is 0 Å². The van der Waals surface area contributed by atoms with Gasteiger partial charge in [-0.1, -0.05) is 6.42 Å². The lowest BCUT2D eigenvalue weighted by Crippen LogP contribution is -2.33. The molecular weight excluding hydrogens is 282 g/mol. The van der Waals surface area contributed by atoms with Crippen LogP contribution in [0.15, 0.2) is 35.4 Å². The Bertz CT molecular complexity index is 721. The molecule has 0 aliphatic carbocycles. The van der Waals surface area contributed by atoms with Gasteiger partial charge in [0.05, 0.1) is 29.1 Å². The highest BCUT2D eigenvalue weighted by Crippen LogP contribution is 2.31. The molecule has 1 aliphatic heterocycles. The summed E-state index contributed by atoms with van der Waals surface area (Å²) in [5, 5.41) is 6.35. The van der Waals surface area contributed by atoms with Crippen LogP contribution in [0.5, 0.6) is 0 Å². The average Bonchev–Trinajstić information content (AvgIpc) is 3.18. The Morgan fingerprint density at radius 2 is 2.29 bits per heavy atom. The van der Waals surface area contributed by atoms with E-state index in [1.807, 2.05) is 22.3 Å². The number of fused-ring (bicyclic) bond motifs is 1. The highest BCUT2D eigenvalue weighted by molar-refractivity contribution is 7.07. The monoisotopic (exact) mass is 299 g/mol. The first-order chi connectivity index (χ1) is 10.4. The van der Waals surface area contributed by atoms with Crippen molar-refractivity contribution in [3.05, 3.63) is 46.8 Å². The van der Waals surface area contributed by atoms with E-state index in [9.17, 15) is 0 Å². The van der Waals surface area contributed by atoms with Crippen LogP contribution in [0.3, 0.4) is 0 Å². The van der Waals surface area contributed by atoms with E-state index in [2.05, 4.69) is 26.4 Å². The molecule has 0 aromatic carbocycles. The van der Waals surface area contributed by atoms with E-state index in [4.69, 9.17) is 4.98 Å². The van der Waals surface area contributed by atoms with Crippen LogP contribution in [0.2, 0.25) is 0 Å². The van der Waals surface area contributed by atoms with E-state index in [1.165, 1.54) is 19.3 Å². The molecule has 1 fully saturated rings. The number of aromatic nitrogens is 4. The second-order valence-electron chi connectivity index (χ2n) is 5.45. The second-order valence-corrected chi connectivity index (χ2v) is 6.17. The molecule has 0 spiro atoms. The number of piperidine rings is 1. The number of hydrogen-bond donors (Lipinski definition) is 0. The van der Waals surface area contributed by atoms with Crippen molar-refractivity contribution in [2.45, 2.75) is 31.8 Å². The topological polar surface area (TPSA) is 46.3 Å². The first kappa shape index (κ1) is 12.9. The minimum atomic E-state index is 0.389. The maximum atomic E-state index is 4.78. The van der Waals surface area contributed by atoms with Gasteiger partial charge in [-0.2, -0.15) is 5.10 Å². The summed E-state index contributed by atoms with van der Waals surface area (Å²) >= 11 is 1.66. The molecule has 6 heteroatoms. The molecule has 1 atom stereocenters. The minimum Gasteiger partial charge on any atom is -0.289 e. The number of rotatable bonds is 3. The minimum absolute atomic E-state index is 0.389. The molecule has 5 nitrogen and oxygen atoms in total. The highest BCUT2D eigenvalue weighted by atomic mass is 32.1. The molecule has 4 rings (SSSR count). The van der Waals surface area contributed by atoms with Crippen molar-refractivity contribution in [3.63, 3.8) is 0 Å². The van der Waals surface area contributed by atoms with E-state index in [1.54, 1.807) is 17.5 Å². The van der Waals surface area contributed by atoms with Crippen LogP contribution in [0, 0.1) is 0 Å². The molecule has 0 N–H and O–H groups in total. The molecule has 0 saturated carbocycles. The summed E-state index contributed by atoms with van der Waals surface area (Å²) in [5.41, 5.74) is 5.15. The molecule has 0 unspecified atom stereocenters. The largest absolute Gasteiger partial charge is 0.289 e. The SMILES string of the molecule is c1cc2nc([C@H]3CCCCN3Cc3cscn3)ccn2n1. The summed E-state index contributed by atoms with van der Waals surface area (Å²) in [5.74, 6) is 0. The quantitative estimate of drug-likeness (QED) is 0.746. The van der Waals surface area contributed by atoms with Gasteiger partial charge in [-0.15, -0.1) is 11.3 Å². The summed E-state index contributed by atoms with van der Waals surface area (Å²) < 4.78 is 1.82. The number of thiazole rings is 1. The third kappa shape index (κ3) is 2.56. The van der Waals surface area contributed by atoms with Gasteiger partial charge in [-0.05, 0) is 25.5 Å². The van der Waals surface area contributed by atoms with E-state index in [0.29, 0.717) is 6.04 Å². The van der Waals surface area contributed by atoms with Gasteiger partial charge in [0.2, 0.25) is 0 Å². The zero-order valence-corrected chi connectivity index (χ0v) is 12.5. The molecule has 0 radical (unpaired) electrons. The highest BCUT2D eigenvalue weighted by Gasteiger charge is 2.25. The second kappa shape index (κ2) is 5.54. The van der Waals surface area contributed by atoms with E-state index in [-0.39, 0.29) is 0 Å². The van der Waals surface area contributed by atoms with Crippen molar-refractivity contribution in [3.8, 4) is 0 Å². The fourth-order valence-corrected chi connectivity index (χ4v) is 3.60. The molecule has 3 aromatic rings. The van der Waals surface area contributed by atoms with Crippen LogP contribution in [-0.4, -0.2) is 31.0 Å². The van der Waals surface area contributed by atoms with Crippen LogP contribution in [0.4, 0.5) is 0 Å². The Morgan fingerprint density at radius 3 is 3.19 bits per heavy atom. The average molecular weight is 299 g/mol. The Kier molecular flexibility index (Phi) is 3.40. The fraction of sp³-hybridized carbons (Fsp3) is 0.400. The van der Waals surface area contributed by atoms with Crippen LogP contribution >= 0.6 is 11.3 Å². The number of hydrogen-bond acceptors (Lipinski definition) is 5. The summed E-state index contributed by atoms with van der Waals surface area (Å²) in [7, 11) is 0. The molecule has 0 bridgehead atoms. The molecule has 4 heterocycles.